The van der Waals surface area contributed by atoms with E-state index in [0.29, 0.717) is 17.7 Å². The Morgan fingerprint density at radius 3 is 1.96 bits per heavy atom. The van der Waals surface area contributed by atoms with Crippen molar-refractivity contribution < 1.29 is 9.59 Å². The SMILES string of the molecule is CN(C)c1ccc(NC(=O)c2ccc(C(=O)NCc3ccncc3)cc2)cc1. The molecule has 0 radical (unpaired) electrons. The van der Waals surface area contributed by atoms with Crippen LogP contribution in [0.1, 0.15) is 26.3 Å². The predicted molar refractivity (Wildman–Crippen MR) is 111 cm³/mol. The molecule has 3 aromatic rings. The lowest BCUT2D eigenvalue weighted by Gasteiger charge is -2.13. The number of benzene rings is 2. The minimum atomic E-state index is -0.221. The Hall–Kier alpha value is -3.67. The molecule has 0 spiro atoms. The highest BCUT2D eigenvalue weighted by Crippen LogP contribution is 2.16. The lowest BCUT2D eigenvalue weighted by atomic mass is 10.1. The molecular weight excluding hydrogens is 352 g/mol. The number of amides is 2. The molecule has 3 rings (SSSR count). The number of anilines is 2. The van der Waals surface area contributed by atoms with Crippen LogP contribution in [0.3, 0.4) is 0 Å². The first-order valence-corrected chi connectivity index (χ1v) is 8.89. The summed E-state index contributed by atoms with van der Waals surface area (Å²) in [5.74, 6) is -0.413. The molecule has 2 aromatic carbocycles. The number of carbonyl (C=O) groups is 2. The van der Waals surface area contributed by atoms with Gasteiger partial charge in [-0.1, -0.05) is 0 Å². The van der Waals surface area contributed by atoms with Crippen molar-refractivity contribution in [2.45, 2.75) is 6.54 Å². The van der Waals surface area contributed by atoms with E-state index < -0.39 is 0 Å². The fraction of sp³-hybridized carbons (Fsp3) is 0.136. The Labute approximate surface area is 164 Å². The lowest BCUT2D eigenvalue weighted by molar-refractivity contribution is 0.0949. The van der Waals surface area contributed by atoms with Gasteiger partial charge in [0.2, 0.25) is 0 Å². The van der Waals surface area contributed by atoms with E-state index in [-0.39, 0.29) is 11.8 Å². The molecule has 6 heteroatoms. The fourth-order valence-electron chi connectivity index (χ4n) is 2.60. The summed E-state index contributed by atoms with van der Waals surface area (Å²) >= 11 is 0. The first-order valence-electron chi connectivity index (χ1n) is 8.89. The number of hydrogen-bond acceptors (Lipinski definition) is 4. The van der Waals surface area contributed by atoms with Crippen LogP contribution in [-0.2, 0) is 6.54 Å². The third kappa shape index (κ3) is 4.94. The molecule has 2 N–H and O–H groups in total. The van der Waals surface area contributed by atoms with Gasteiger partial charge >= 0.3 is 0 Å². The second kappa shape index (κ2) is 8.81. The van der Waals surface area contributed by atoms with Gasteiger partial charge in [-0.2, -0.15) is 0 Å². The van der Waals surface area contributed by atoms with Crippen molar-refractivity contribution >= 4 is 23.2 Å². The molecule has 0 bridgehead atoms. The molecule has 6 nitrogen and oxygen atoms in total. The number of nitrogens with zero attached hydrogens (tertiary/aromatic N) is 2. The molecule has 0 aliphatic carbocycles. The average molecular weight is 374 g/mol. The van der Waals surface area contributed by atoms with E-state index in [4.69, 9.17) is 0 Å². The van der Waals surface area contributed by atoms with Gasteiger partial charge in [0.15, 0.2) is 0 Å². The van der Waals surface area contributed by atoms with E-state index in [0.717, 1.165) is 16.9 Å². The highest BCUT2D eigenvalue weighted by Gasteiger charge is 2.09. The maximum atomic E-state index is 12.4. The van der Waals surface area contributed by atoms with Crippen LogP contribution in [0, 0.1) is 0 Å². The van der Waals surface area contributed by atoms with Crippen molar-refractivity contribution in [3.63, 3.8) is 0 Å². The van der Waals surface area contributed by atoms with Crippen LogP contribution >= 0.6 is 0 Å². The molecule has 0 fully saturated rings. The Morgan fingerprint density at radius 1 is 0.821 bits per heavy atom. The van der Waals surface area contributed by atoms with Crippen LogP contribution in [-0.4, -0.2) is 30.9 Å². The molecule has 0 saturated carbocycles. The van der Waals surface area contributed by atoms with Crippen molar-refractivity contribution in [1.82, 2.24) is 10.3 Å². The molecule has 0 atom stereocenters. The van der Waals surface area contributed by atoms with Crippen LogP contribution in [0.25, 0.3) is 0 Å². The number of pyridine rings is 1. The summed E-state index contributed by atoms with van der Waals surface area (Å²) in [5.41, 5.74) is 3.73. The van der Waals surface area contributed by atoms with E-state index in [2.05, 4.69) is 15.6 Å². The topological polar surface area (TPSA) is 74.3 Å². The van der Waals surface area contributed by atoms with Gasteiger partial charge in [0.05, 0.1) is 0 Å². The van der Waals surface area contributed by atoms with Crippen molar-refractivity contribution in [1.29, 1.82) is 0 Å². The van der Waals surface area contributed by atoms with Gasteiger partial charge in [0.1, 0.15) is 0 Å². The van der Waals surface area contributed by atoms with E-state index in [1.165, 1.54) is 0 Å². The highest BCUT2D eigenvalue weighted by molar-refractivity contribution is 6.05. The summed E-state index contributed by atoms with van der Waals surface area (Å²) in [7, 11) is 3.92. The maximum absolute atomic E-state index is 12.4. The second-order valence-electron chi connectivity index (χ2n) is 6.51. The van der Waals surface area contributed by atoms with Crippen LogP contribution in [0.2, 0.25) is 0 Å². The molecule has 2 amide bonds. The Morgan fingerprint density at radius 2 is 1.39 bits per heavy atom. The molecule has 142 valence electrons. The molecule has 0 saturated heterocycles. The Kier molecular flexibility index (Phi) is 6.01. The quantitative estimate of drug-likeness (QED) is 0.694. The molecule has 0 unspecified atom stereocenters. The van der Waals surface area contributed by atoms with Gasteiger partial charge < -0.3 is 15.5 Å². The van der Waals surface area contributed by atoms with Gasteiger partial charge in [-0.15, -0.1) is 0 Å². The highest BCUT2D eigenvalue weighted by atomic mass is 16.2. The first-order chi connectivity index (χ1) is 13.5. The normalized spacial score (nSPS) is 10.2. The Bertz CT molecular complexity index is 937. The van der Waals surface area contributed by atoms with Crippen LogP contribution in [0.5, 0.6) is 0 Å². The lowest BCUT2D eigenvalue weighted by Crippen LogP contribution is -2.23. The summed E-state index contributed by atoms with van der Waals surface area (Å²) in [6.45, 7) is 0.423. The van der Waals surface area contributed by atoms with Gasteiger partial charge in [-0.3, -0.25) is 14.6 Å². The van der Waals surface area contributed by atoms with Crippen LogP contribution < -0.4 is 15.5 Å². The monoisotopic (exact) mass is 374 g/mol. The molecule has 0 aliphatic rings. The molecule has 1 heterocycles. The maximum Gasteiger partial charge on any atom is 0.255 e. The predicted octanol–water partition coefficient (Wildman–Crippen LogP) is 3.33. The number of rotatable bonds is 6. The average Bonchev–Trinajstić information content (AvgIpc) is 2.73. The standard InChI is InChI=1S/C22H22N4O2/c1-26(2)20-9-7-19(8-10-20)25-22(28)18-5-3-17(4-6-18)21(27)24-15-16-11-13-23-14-12-16/h3-14H,15H2,1-2H3,(H,24,27)(H,25,28). The zero-order valence-corrected chi connectivity index (χ0v) is 15.8. The molecule has 0 aliphatic heterocycles. The van der Waals surface area contributed by atoms with Gasteiger partial charge in [-0.05, 0) is 66.2 Å². The number of carbonyl (C=O) groups excluding carboxylic acids is 2. The van der Waals surface area contributed by atoms with E-state index in [1.54, 1.807) is 36.7 Å². The second-order valence-corrected chi connectivity index (χ2v) is 6.51. The van der Waals surface area contributed by atoms with Crippen molar-refractivity contribution in [2.75, 3.05) is 24.3 Å². The van der Waals surface area contributed by atoms with Crippen LogP contribution in [0.4, 0.5) is 11.4 Å². The van der Waals surface area contributed by atoms with Gasteiger partial charge in [-0.25, -0.2) is 0 Å². The van der Waals surface area contributed by atoms with Gasteiger partial charge in [0, 0.05) is 55.5 Å². The van der Waals surface area contributed by atoms with Crippen molar-refractivity contribution in [3.05, 3.63) is 89.7 Å². The molecule has 28 heavy (non-hydrogen) atoms. The van der Waals surface area contributed by atoms with Crippen molar-refractivity contribution in [2.24, 2.45) is 0 Å². The third-order valence-electron chi connectivity index (χ3n) is 4.25. The smallest absolute Gasteiger partial charge is 0.255 e. The largest absolute Gasteiger partial charge is 0.378 e. The molecular formula is C22H22N4O2. The minimum Gasteiger partial charge on any atom is -0.378 e. The summed E-state index contributed by atoms with van der Waals surface area (Å²) in [6.07, 6.45) is 3.37. The summed E-state index contributed by atoms with van der Waals surface area (Å²) in [5, 5.41) is 5.70. The number of hydrogen-bond donors (Lipinski definition) is 2. The van der Waals surface area contributed by atoms with Gasteiger partial charge in [0.25, 0.3) is 11.8 Å². The summed E-state index contributed by atoms with van der Waals surface area (Å²) in [6, 6.07) is 17.9. The fourth-order valence-corrected chi connectivity index (χ4v) is 2.60. The van der Waals surface area contributed by atoms with Crippen molar-refractivity contribution in [3.8, 4) is 0 Å². The number of nitrogens with one attached hydrogen (secondary N) is 2. The first kappa shape index (κ1) is 19.1. The third-order valence-corrected chi connectivity index (χ3v) is 4.25. The summed E-state index contributed by atoms with van der Waals surface area (Å²) < 4.78 is 0. The van der Waals surface area contributed by atoms with E-state index in [1.807, 2.05) is 55.4 Å². The summed E-state index contributed by atoms with van der Waals surface area (Å²) in [4.78, 5) is 30.6. The van der Waals surface area contributed by atoms with E-state index >= 15 is 0 Å². The van der Waals surface area contributed by atoms with Crippen LogP contribution in [0.15, 0.2) is 73.1 Å². The van der Waals surface area contributed by atoms with E-state index in [9.17, 15) is 9.59 Å². The zero-order chi connectivity index (χ0) is 19.9. The molecule has 1 aromatic heterocycles. The number of aromatic nitrogens is 1. The zero-order valence-electron chi connectivity index (χ0n) is 15.8. The minimum absolute atomic E-state index is 0.192. The Balaban J connectivity index is 1.58.